The monoisotopic (exact) mass is 1200 g/mol. The van der Waals surface area contributed by atoms with E-state index in [2.05, 4.69) is 0 Å². The normalized spacial score (nSPS) is 12.8. The van der Waals surface area contributed by atoms with Gasteiger partial charge in [0.05, 0.1) is 49.9 Å². The van der Waals surface area contributed by atoms with Crippen molar-refractivity contribution in [2.45, 2.75) is 65.5 Å². The molecule has 0 atom stereocenters. The molecule has 12 rings (SSSR count). The molecule has 17 heteroatoms. The number of halogens is 15. The van der Waals surface area contributed by atoms with Gasteiger partial charge in [-0.25, -0.2) is 0 Å². The van der Waals surface area contributed by atoms with E-state index < -0.39 is 58.7 Å². The Morgan fingerprint density at radius 2 is 0.517 bits per heavy atom. The molecule has 0 saturated heterocycles. The van der Waals surface area contributed by atoms with Crippen molar-refractivity contribution >= 4 is 43.6 Å². The summed E-state index contributed by atoms with van der Waals surface area (Å²) in [5, 5.41) is 2.12. The van der Waals surface area contributed by atoms with Gasteiger partial charge >= 0.3 is 30.9 Å². The predicted molar refractivity (Wildman–Crippen MR) is 311 cm³/mol. The van der Waals surface area contributed by atoms with Crippen molar-refractivity contribution in [1.29, 1.82) is 0 Å². The van der Waals surface area contributed by atoms with Crippen molar-refractivity contribution in [2.75, 3.05) is 0 Å². The van der Waals surface area contributed by atoms with Crippen LogP contribution < -0.4 is 0 Å². The van der Waals surface area contributed by atoms with Crippen LogP contribution in [-0.4, -0.2) is 9.13 Å². The van der Waals surface area contributed by atoms with Crippen LogP contribution in [0.2, 0.25) is 0 Å². The van der Waals surface area contributed by atoms with E-state index in [9.17, 15) is 52.7 Å². The molecule has 0 aliphatic heterocycles. The number of rotatable bonds is 7. The molecular formula is C70H45F15N2. The number of aryl methyl sites for hydroxylation is 5. The van der Waals surface area contributed by atoms with Crippen molar-refractivity contribution < 1.29 is 65.9 Å². The van der Waals surface area contributed by atoms with Crippen LogP contribution in [0.4, 0.5) is 65.9 Å². The van der Waals surface area contributed by atoms with Crippen LogP contribution in [0.15, 0.2) is 182 Å². The van der Waals surface area contributed by atoms with Crippen LogP contribution in [0.5, 0.6) is 0 Å². The minimum absolute atomic E-state index is 0.0482. The second-order valence-electron chi connectivity index (χ2n) is 22.2. The van der Waals surface area contributed by atoms with Gasteiger partial charge in [-0.3, -0.25) is 0 Å². The lowest BCUT2D eigenvalue weighted by molar-refractivity contribution is -0.138. The molecule has 0 radical (unpaired) electrons. The summed E-state index contributed by atoms with van der Waals surface area (Å²) in [6, 6.07) is 42.1. The van der Waals surface area contributed by atoms with Gasteiger partial charge in [0.2, 0.25) is 0 Å². The third-order valence-electron chi connectivity index (χ3n) is 15.8. The molecule has 0 amide bonds. The smallest absolute Gasteiger partial charge is 0.309 e. The second-order valence-corrected chi connectivity index (χ2v) is 22.2. The topological polar surface area (TPSA) is 9.86 Å². The quantitative estimate of drug-likeness (QED) is 0.141. The number of benzene rings is 10. The first-order chi connectivity index (χ1) is 40.8. The molecule has 12 aromatic rings. The molecule has 0 unspecified atom stereocenters. The maximum atomic E-state index is 15.8. The molecular weight excluding hydrogens is 1150 g/mol. The van der Waals surface area contributed by atoms with E-state index in [0.29, 0.717) is 93.7 Å². The van der Waals surface area contributed by atoms with Gasteiger partial charge in [0.15, 0.2) is 0 Å². The average Bonchev–Trinajstić information content (AvgIpc) is 1.64. The van der Waals surface area contributed by atoms with Gasteiger partial charge in [-0.15, -0.1) is 0 Å². The van der Waals surface area contributed by atoms with Crippen molar-refractivity contribution in [3.05, 3.63) is 238 Å². The van der Waals surface area contributed by atoms with Crippen molar-refractivity contribution in [1.82, 2.24) is 9.13 Å². The molecule has 2 nitrogen and oxygen atoms in total. The van der Waals surface area contributed by atoms with E-state index >= 15 is 13.2 Å². The molecule has 87 heavy (non-hydrogen) atoms. The van der Waals surface area contributed by atoms with E-state index in [0.717, 1.165) is 54.6 Å². The number of alkyl halides is 15. The molecule has 0 spiro atoms. The highest BCUT2D eigenvalue weighted by Crippen LogP contribution is 2.46. The lowest BCUT2D eigenvalue weighted by atomic mass is 9.94. The molecule has 0 saturated carbocycles. The standard InChI is InChI=1S/C70H45F15N2/c1-36-18-45(26-49(22-36)66(71,72)73)41-7-13-55-56-14-8-42(46-19-37(2)23-50(27-46)67(74,75)76)31-63(56)86(62(55)30-41)53-11-6-40(5)59(34-53)60-35-54(12-17-61(60)70(83,84)85)87-64-32-43(47-20-38(3)24-51(28-47)68(77,78)79)9-15-57(64)58-16-10-44(33-65(58)87)48-21-39(4)25-52(29-48)69(80,81)82/h6-35H,1-5H3. The Bertz CT molecular complexity index is 4550. The molecule has 440 valence electrons. The highest BCUT2D eigenvalue weighted by atomic mass is 19.4. The maximum Gasteiger partial charge on any atom is 0.417 e. The first-order valence-corrected chi connectivity index (χ1v) is 27.0. The van der Waals surface area contributed by atoms with Crippen LogP contribution >= 0.6 is 0 Å². The summed E-state index contributed by atoms with van der Waals surface area (Å²) in [6.07, 6.45) is -23.8. The fourth-order valence-electron chi connectivity index (χ4n) is 11.9. The Hall–Kier alpha value is -9.25. The molecule has 0 aliphatic carbocycles. The predicted octanol–water partition coefficient (Wildman–Crippen LogP) is 22.9. The van der Waals surface area contributed by atoms with Crippen LogP contribution in [0.25, 0.3) is 111 Å². The van der Waals surface area contributed by atoms with Gasteiger partial charge in [-0.05, 0) is 221 Å². The molecule has 0 N–H and O–H groups in total. The number of hydrogen-bond acceptors (Lipinski definition) is 0. The summed E-state index contributed by atoms with van der Waals surface area (Å²) in [5.74, 6) is 0. The van der Waals surface area contributed by atoms with E-state index in [1.165, 1.54) is 45.9 Å². The Morgan fingerprint density at radius 1 is 0.241 bits per heavy atom. The largest absolute Gasteiger partial charge is 0.417 e. The van der Waals surface area contributed by atoms with Crippen LogP contribution in [0, 0.1) is 34.6 Å². The minimum Gasteiger partial charge on any atom is -0.309 e. The van der Waals surface area contributed by atoms with E-state index in [1.54, 1.807) is 125 Å². The zero-order chi connectivity index (χ0) is 62.2. The summed E-state index contributed by atoms with van der Waals surface area (Å²) in [6.45, 7) is 7.63. The van der Waals surface area contributed by atoms with Crippen LogP contribution in [-0.2, 0) is 30.9 Å². The second kappa shape index (κ2) is 20.4. The molecule has 2 aromatic heterocycles. The summed E-state index contributed by atoms with van der Waals surface area (Å²) in [7, 11) is 0. The van der Waals surface area contributed by atoms with E-state index in [4.69, 9.17) is 0 Å². The van der Waals surface area contributed by atoms with Gasteiger partial charge in [0.25, 0.3) is 0 Å². The SMILES string of the molecule is Cc1cc(-c2ccc3c4ccc(-c5cc(C)cc(C(F)(F)F)c5)cc4n(-c4ccc(C)c(-c5cc(-n6c7cc(-c8cc(C)cc(C(F)(F)F)c8)ccc7c7ccc(-c8cc(C)cc(C(F)(F)F)c8)cc76)ccc5C(F)(F)F)c4)c3c2)cc(C(F)(F)F)c1. The minimum atomic E-state index is -5.01. The summed E-state index contributed by atoms with van der Waals surface area (Å²) < 4.78 is 222. The van der Waals surface area contributed by atoms with Crippen molar-refractivity contribution in [3.8, 4) is 67.0 Å². The number of hydrogen-bond donors (Lipinski definition) is 0. The van der Waals surface area contributed by atoms with Gasteiger partial charge in [-0.1, -0.05) is 78.9 Å². The molecule has 0 fully saturated rings. The fraction of sp³-hybridized carbons (Fsp3) is 0.143. The first-order valence-electron chi connectivity index (χ1n) is 27.0. The fourth-order valence-corrected chi connectivity index (χ4v) is 11.9. The summed E-state index contributed by atoms with van der Waals surface area (Å²) >= 11 is 0. The van der Waals surface area contributed by atoms with Gasteiger partial charge in [0, 0.05) is 32.9 Å². The first kappa shape index (κ1) is 58.1. The molecule has 0 bridgehead atoms. The zero-order valence-corrected chi connectivity index (χ0v) is 46.4. The molecule has 2 heterocycles. The number of fused-ring (bicyclic) bond motifs is 6. The summed E-state index contributed by atoms with van der Waals surface area (Å²) in [4.78, 5) is 0. The highest BCUT2D eigenvalue weighted by molar-refractivity contribution is 6.13. The Balaban J connectivity index is 1.12. The molecule has 10 aromatic carbocycles. The van der Waals surface area contributed by atoms with Crippen molar-refractivity contribution in [3.63, 3.8) is 0 Å². The lowest BCUT2D eigenvalue weighted by Gasteiger charge is -2.19. The number of nitrogens with zero attached hydrogens (tertiary/aromatic N) is 2. The Morgan fingerprint density at radius 3 is 0.793 bits per heavy atom. The Labute approximate surface area is 487 Å². The lowest BCUT2D eigenvalue weighted by Crippen LogP contribution is -2.09. The molecule has 0 aliphatic rings. The van der Waals surface area contributed by atoms with Crippen LogP contribution in [0.3, 0.4) is 0 Å². The number of aromatic nitrogens is 2. The van der Waals surface area contributed by atoms with Gasteiger partial charge < -0.3 is 9.13 Å². The zero-order valence-electron chi connectivity index (χ0n) is 46.4. The highest BCUT2D eigenvalue weighted by Gasteiger charge is 2.37. The van der Waals surface area contributed by atoms with Gasteiger partial charge in [-0.2, -0.15) is 65.9 Å². The maximum absolute atomic E-state index is 15.8. The third kappa shape index (κ3) is 10.9. The third-order valence-corrected chi connectivity index (χ3v) is 15.8. The Kier molecular flexibility index (Phi) is 13.7. The van der Waals surface area contributed by atoms with Crippen LogP contribution in [0.1, 0.15) is 55.6 Å². The van der Waals surface area contributed by atoms with E-state index in [1.807, 2.05) is 0 Å². The summed E-state index contributed by atoms with van der Waals surface area (Å²) in [5.41, 5.74) is 0.447. The van der Waals surface area contributed by atoms with Gasteiger partial charge in [0.1, 0.15) is 0 Å². The average molecular weight is 1200 g/mol. The van der Waals surface area contributed by atoms with E-state index in [-0.39, 0.29) is 44.8 Å². The van der Waals surface area contributed by atoms with Crippen molar-refractivity contribution in [2.24, 2.45) is 0 Å².